The van der Waals surface area contributed by atoms with Crippen LogP contribution in [0.4, 0.5) is 0 Å². The van der Waals surface area contributed by atoms with E-state index >= 15 is 0 Å². The van der Waals surface area contributed by atoms with Crippen molar-refractivity contribution in [3.8, 4) is 0 Å². The highest BCUT2D eigenvalue weighted by molar-refractivity contribution is 5.99. The second-order valence-electron chi connectivity index (χ2n) is 5.66. The molecule has 0 aliphatic carbocycles. The number of carboxylic acids is 1. The lowest BCUT2D eigenvalue weighted by molar-refractivity contribution is -0.153. The Labute approximate surface area is 122 Å². The number of esters is 1. The van der Waals surface area contributed by atoms with Crippen molar-refractivity contribution < 1.29 is 19.4 Å². The van der Waals surface area contributed by atoms with E-state index in [1.807, 2.05) is 34.6 Å². The van der Waals surface area contributed by atoms with Crippen LogP contribution in [0.25, 0.3) is 0 Å². The van der Waals surface area contributed by atoms with Gasteiger partial charge in [-0.15, -0.1) is 0 Å². The SMILES string of the molecule is CCC/C(C(=O)O)=C(\CCC)C(=O)OC(C)(C)CCC. The minimum atomic E-state index is -1.01. The molecule has 0 aromatic heterocycles. The van der Waals surface area contributed by atoms with Crippen LogP contribution < -0.4 is 0 Å². The van der Waals surface area contributed by atoms with Crippen LogP contribution in [-0.4, -0.2) is 22.6 Å². The highest BCUT2D eigenvalue weighted by Gasteiger charge is 2.27. The van der Waals surface area contributed by atoms with Gasteiger partial charge in [0.15, 0.2) is 0 Å². The van der Waals surface area contributed by atoms with E-state index in [0.717, 1.165) is 19.3 Å². The summed E-state index contributed by atoms with van der Waals surface area (Å²) in [7, 11) is 0. The van der Waals surface area contributed by atoms with Crippen molar-refractivity contribution in [1.82, 2.24) is 0 Å². The Morgan fingerprint density at radius 1 is 0.950 bits per heavy atom. The third kappa shape index (κ3) is 6.22. The molecule has 0 saturated carbocycles. The zero-order valence-electron chi connectivity index (χ0n) is 13.4. The van der Waals surface area contributed by atoms with Gasteiger partial charge in [0.05, 0.1) is 0 Å². The van der Waals surface area contributed by atoms with Crippen LogP contribution in [-0.2, 0) is 14.3 Å². The largest absolute Gasteiger partial charge is 0.478 e. The lowest BCUT2D eigenvalue weighted by Gasteiger charge is -2.25. The number of rotatable bonds is 9. The van der Waals surface area contributed by atoms with E-state index in [4.69, 9.17) is 4.74 Å². The van der Waals surface area contributed by atoms with Crippen molar-refractivity contribution in [1.29, 1.82) is 0 Å². The van der Waals surface area contributed by atoms with Crippen LogP contribution in [0.1, 0.15) is 73.1 Å². The van der Waals surface area contributed by atoms with Crippen molar-refractivity contribution in [2.24, 2.45) is 0 Å². The van der Waals surface area contributed by atoms with Gasteiger partial charge in [0.2, 0.25) is 0 Å². The van der Waals surface area contributed by atoms with Gasteiger partial charge < -0.3 is 9.84 Å². The number of hydrogen-bond acceptors (Lipinski definition) is 3. The molecule has 0 aromatic rings. The molecule has 4 heteroatoms. The predicted octanol–water partition coefficient (Wildman–Crippen LogP) is 4.09. The van der Waals surface area contributed by atoms with E-state index in [1.165, 1.54) is 0 Å². The third-order valence-corrected chi connectivity index (χ3v) is 3.09. The van der Waals surface area contributed by atoms with E-state index in [0.29, 0.717) is 24.8 Å². The molecule has 20 heavy (non-hydrogen) atoms. The van der Waals surface area contributed by atoms with Gasteiger partial charge in [-0.3, -0.25) is 0 Å². The number of carbonyl (C=O) groups excluding carboxylic acids is 1. The van der Waals surface area contributed by atoms with E-state index in [9.17, 15) is 14.7 Å². The van der Waals surface area contributed by atoms with E-state index < -0.39 is 17.5 Å². The number of carboxylic acid groups (broad SMARTS) is 1. The van der Waals surface area contributed by atoms with Gasteiger partial charge in [-0.25, -0.2) is 9.59 Å². The number of aliphatic carboxylic acids is 1. The summed E-state index contributed by atoms with van der Waals surface area (Å²) in [6.45, 7) is 9.57. The van der Waals surface area contributed by atoms with Crippen LogP contribution in [0.3, 0.4) is 0 Å². The van der Waals surface area contributed by atoms with Gasteiger partial charge in [0.25, 0.3) is 0 Å². The average molecular weight is 284 g/mol. The van der Waals surface area contributed by atoms with E-state index in [-0.39, 0.29) is 5.57 Å². The topological polar surface area (TPSA) is 63.6 Å². The fourth-order valence-electron chi connectivity index (χ4n) is 2.23. The number of ether oxygens (including phenoxy) is 1. The van der Waals surface area contributed by atoms with Crippen LogP contribution >= 0.6 is 0 Å². The molecule has 0 aliphatic heterocycles. The molecule has 116 valence electrons. The number of hydrogen-bond donors (Lipinski definition) is 1. The summed E-state index contributed by atoms with van der Waals surface area (Å²) in [5.74, 6) is -1.49. The van der Waals surface area contributed by atoms with Crippen molar-refractivity contribution in [3.05, 3.63) is 11.1 Å². The summed E-state index contributed by atoms with van der Waals surface area (Å²) in [5, 5.41) is 9.29. The normalized spacial score (nSPS) is 12.8. The van der Waals surface area contributed by atoms with Crippen LogP contribution in [0, 0.1) is 0 Å². The highest BCUT2D eigenvalue weighted by atomic mass is 16.6. The molecule has 0 heterocycles. The fourth-order valence-corrected chi connectivity index (χ4v) is 2.23. The average Bonchev–Trinajstić information content (AvgIpc) is 2.32. The standard InChI is InChI=1S/C16H28O4/c1-6-9-12(14(17)18)13(10-7-2)15(19)20-16(4,5)11-8-3/h6-11H2,1-5H3,(H,17,18)/b13-12-. The minimum absolute atomic E-state index is 0.201. The molecule has 0 aromatic carbocycles. The van der Waals surface area contributed by atoms with E-state index in [1.54, 1.807) is 0 Å². The maximum atomic E-state index is 12.3. The first-order chi connectivity index (χ1) is 9.29. The zero-order valence-corrected chi connectivity index (χ0v) is 13.4. The molecule has 0 amide bonds. The van der Waals surface area contributed by atoms with Gasteiger partial charge in [0.1, 0.15) is 5.60 Å². The Morgan fingerprint density at radius 3 is 1.85 bits per heavy atom. The molecule has 0 rings (SSSR count). The van der Waals surface area contributed by atoms with Crippen LogP contribution in [0.2, 0.25) is 0 Å². The molecule has 0 unspecified atom stereocenters. The third-order valence-electron chi connectivity index (χ3n) is 3.09. The van der Waals surface area contributed by atoms with Crippen molar-refractivity contribution in [2.75, 3.05) is 0 Å². The first-order valence-electron chi connectivity index (χ1n) is 7.47. The second-order valence-corrected chi connectivity index (χ2v) is 5.66. The maximum Gasteiger partial charge on any atom is 0.335 e. The quantitative estimate of drug-likeness (QED) is 0.511. The van der Waals surface area contributed by atoms with Gasteiger partial charge in [0, 0.05) is 11.1 Å². The summed E-state index contributed by atoms with van der Waals surface area (Å²) in [4.78, 5) is 23.6. The molecular formula is C16H28O4. The van der Waals surface area contributed by atoms with Gasteiger partial charge in [-0.05, 0) is 33.1 Å². The van der Waals surface area contributed by atoms with Gasteiger partial charge in [-0.2, -0.15) is 0 Å². The summed E-state index contributed by atoms with van der Waals surface area (Å²) >= 11 is 0. The first kappa shape index (κ1) is 18.7. The molecule has 1 N–H and O–H groups in total. The fraction of sp³-hybridized carbons (Fsp3) is 0.750. The molecular weight excluding hydrogens is 256 g/mol. The van der Waals surface area contributed by atoms with Crippen molar-refractivity contribution in [3.63, 3.8) is 0 Å². The summed E-state index contributed by atoms with van der Waals surface area (Å²) in [6.07, 6.45) is 3.93. The minimum Gasteiger partial charge on any atom is -0.478 e. The lowest BCUT2D eigenvalue weighted by atomic mass is 9.98. The summed E-state index contributed by atoms with van der Waals surface area (Å²) in [5.41, 5.74) is -0.0293. The molecule has 0 bridgehead atoms. The first-order valence-corrected chi connectivity index (χ1v) is 7.47. The molecule has 4 nitrogen and oxygen atoms in total. The van der Waals surface area contributed by atoms with Crippen molar-refractivity contribution in [2.45, 2.75) is 78.7 Å². The molecule has 0 fully saturated rings. The monoisotopic (exact) mass is 284 g/mol. The summed E-state index contributed by atoms with van der Waals surface area (Å²) in [6, 6.07) is 0. The zero-order chi connectivity index (χ0) is 15.8. The molecule has 0 radical (unpaired) electrons. The summed E-state index contributed by atoms with van der Waals surface area (Å²) < 4.78 is 5.51. The second kappa shape index (κ2) is 8.77. The molecule has 0 saturated heterocycles. The highest BCUT2D eigenvalue weighted by Crippen LogP contribution is 2.23. The van der Waals surface area contributed by atoms with Gasteiger partial charge >= 0.3 is 11.9 Å². The Bertz CT molecular complexity index is 367. The Kier molecular flexibility index (Phi) is 8.19. The smallest absolute Gasteiger partial charge is 0.335 e. The van der Waals surface area contributed by atoms with Crippen LogP contribution in [0.15, 0.2) is 11.1 Å². The maximum absolute atomic E-state index is 12.3. The van der Waals surface area contributed by atoms with E-state index in [2.05, 4.69) is 0 Å². The Morgan fingerprint density at radius 2 is 1.45 bits per heavy atom. The van der Waals surface area contributed by atoms with Crippen molar-refractivity contribution >= 4 is 11.9 Å². The molecule has 0 spiro atoms. The Hall–Kier alpha value is -1.32. The Balaban J connectivity index is 5.30. The predicted molar refractivity (Wildman–Crippen MR) is 79.6 cm³/mol. The lowest BCUT2D eigenvalue weighted by Crippen LogP contribution is -2.29. The molecule has 0 atom stereocenters. The number of carbonyl (C=O) groups is 2. The van der Waals surface area contributed by atoms with Crippen LogP contribution in [0.5, 0.6) is 0 Å². The molecule has 0 aliphatic rings. The van der Waals surface area contributed by atoms with Gasteiger partial charge in [-0.1, -0.05) is 40.0 Å².